The van der Waals surface area contributed by atoms with E-state index >= 15 is 0 Å². The quantitative estimate of drug-likeness (QED) is 0.906. The van der Waals surface area contributed by atoms with Crippen LogP contribution in [0.3, 0.4) is 0 Å². The lowest BCUT2D eigenvalue weighted by molar-refractivity contribution is 0.0778. The van der Waals surface area contributed by atoms with Crippen LogP contribution < -0.4 is 5.73 Å². The summed E-state index contributed by atoms with van der Waals surface area (Å²) in [5.41, 5.74) is 8.02. The van der Waals surface area contributed by atoms with Crippen LogP contribution in [0.2, 0.25) is 0 Å². The maximum atomic E-state index is 12.2. The van der Waals surface area contributed by atoms with Crippen molar-refractivity contribution in [3.8, 4) is 0 Å². The van der Waals surface area contributed by atoms with E-state index in [-0.39, 0.29) is 5.91 Å². The molecular weight excluding hydrogens is 240 g/mol. The molecule has 0 bridgehead atoms. The van der Waals surface area contributed by atoms with Gasteiger partial charge in [-0.05, 0) is 30.2 Å². The number of aromatic nitrogens is 2. The fourth-order valence-electron chi connectivity index (χ4n) is 1.77. The number of anilines is 1. The molecule has 1 amide bonds. The predicted molar refractivity (Wildman–Crippen MR) is 73.4 cm³/mol. The second-order valence-electron chi connectivity index (χ2n) is 4.43. The summed E-state index contributed by atoms with van der Waals surface area (Å²) < 4.78 is 0. The number of amides is 1. The smallest absolute Gasteiger partial charge is 0.274 e. The minimum atomic E-state index is -0.171. The zero-order valence-electron chi connectivity index (χ0n) is 11.0. The van der Waals surface area contributed by atoms with Gasteiger partial charge in [-0.15, -0.1) is 10.2 Å². The Kier molecular flexibility index (Phi) is 3.75. The van der Waals surface area contributed by atoms with Gasteiger partial charge in [0.25, 0.3) is 5.91 Å². The molecule has 0 spiro atoms. The van der Waals surface area contributed by atoms with Crippen molar-refractivity contribution in [2.45, 2.75) is 13.5 Å². The number of nitrogens with two attached hydrogens (primary N) is 1. The van der Waals surface area contributed by atoms with Gasteiger partial charge in [0, 0.05) is 13.6 Å². The van der Waals surface area contributed by atoms with Crippen molar-refractivity contribution in [1.82, 2.24) is 15.1 Å². The van der Waals surface area contributed by atoms with Crippen molar-refractivity contribution in [1.29, 1.82) is 0 Å². The van der Waals surface area contributed by atoms with E-state index in [2.05, 4.69) is 10.2 Å². The molecule has 98 valence electrons. The third-order valence-corrected chi connectivity index (χ3v) is 2.92. The summed E-state index contributed by atoms with van der Waals surface area (Å²) in [5.74, 6) is 0.133. The average molecular weight is 256 g/mol. The average Bonchev–Trinajstić information content (AvgIpc) is 2.41. The molecule has 1 aromatic carbocycles. The topological polar surface area (TPSA) is 72.1 Å². The van der Waals surface area contributed by atoms with Crippen LogP contribution in [0.15, 0.2) is 36.4 Å². The van der Waals surface area contributed by atoms with Gasteiger partial charge in [-0.25, -0.2) is 0 Å². The molecule has 5 nitrogen and oxygen atoms in total. The molecular formula is C14H16N4O. The van der Waals surface area contributed by atoms with Gasteiger partial charge in [0.2, 0.25) is 0 Å². The van der Waals surface area contributed by atoms with E-state index in [1.165, 1.54) is 0 Å². The number of hydrogen-bond acceptors (Lipinski definition) is 4. The zero-order chi connectivity index (χ0) is 13.8. The van der Waals surface area contributed by atoms with Gasteiger partial charge in [-0.2, -0.15) is 0 Å². The molecule has 0 saturated heterocycles. The second-order valence-corrected chi connectivity index (χ2v) is 4.43. The summed E-state index contributed by atoms with van der Waals surface area (Å²) in [4.78, 5) is 13.8. The highest BCUT2D eigenvalue weighted by molar-refractivity contribution is 5.92. The summed E-state index contributed by atoms with van der Waals surface area (Å²) >= 11 is 0. The lowest BCUT2D eigenvalue weighted by Crippen LogP contribution is -2.27. The molecule has 0 aliphatic rings. The number of carbonyl (C=O) groups excluding carboxylic acids is 1. The molecule has 0 aliphatic heterocycles. The van der Waals surface area contributed by atoms with Crippen LogP contribution in [0.25, 0.3) is 0 Å². The fraction of sp³-hybridized carbons (Fsp3) is 0.214. The Morgan fingerprint density at radius 2 is 1.95 bits per heavy atom. The van der Waals surface area contributed by atoms with Gasteiger partial charge in [-0.3, -0.25) is 4.79 Å². The Hall–Kier alpha value is -2.43. The van der Waals surface area contributed by atoms with E-state index in [4.69, 9.17) is 5.73 Å². The molecule has 1 aromatic heterocycles. The Balaban J connectivity index is 2.12. The first kappa shape index (κ1) is 13.0. The molecule has 1 heterocycles. The van der Waals surface area contributed by atoms with Gasteiger partial charge >= 0.3 is 0 Å². The lowest BCUT2D eigenvalue weighted by Gasteiger charge is -2.17. The maximum Gasteiger partial charge on any atom is 0.274 e. The van der Waals surface area contributed by atoms with Crippen LogP contribution in [-0.4, -0.2) is 28.1 Å². The zero-order valence-corrected chi connectivity index (χ0v) is 11.0. The van der Waals surface area contributed by atoms with Gasteiger partial charge < -0.3 is 10.6 Å². The van der Waals surface area contributed by atoms with Crippen LogP contribution in [0.1, 0.15) is 21.6 Å². The molecule has 0 radical (unpaired) electrons. The van der Waals surface area contributed by atoms with Crippen molar-refractivity contribution in [2.24, 2.45) is 0 Å². The summed E-state index contributed by atoms with van der Waals surface area (Å²) in [6, 6.07) is 11.1. The van der Waals surface area contributed by atoms with Crippen molar-refractivity contribution < 1.29 is 4.79 Å². The summed E-state index contributed by atoms with van der Waals surface area (Å²) in [7, 11) is 1.74. The molecule has 5 heteroatoms. The first-order valence-electron chi connectivity index (χ1n) is 5.97. The molecule has 0 aliphatic carbocycles. The van der Waals surface area contributed by atoms with Gasteiger partial charge in [0.15, 0.2) is 5.69 Å². The van der Waals surface area contributed by atoms with Crippen LogP contribution in [-0.2, 0) is 6.54 Å². The van der Waals surface area contributed by atoms with E-state index in [0.717, 1.165) is 11.1 Å². The maximum absolute atomic E-state index is 12.2. The summed E-state index contributed by atoms with van der Waals surface area (Å²) in [5, 5.41) is 7.48. The molecule has 2 N–H and O–H groups in total. The predicted octanol–water partition coefficient (Wildman–Crippen LogP) is 1.64. The van der Waals surface area contributed by atoms with Gasteiger partial charge in [-0.1, -0.05) is 24.3 Å². The minimum absolute atomic E-state index is 0.171. The second kappa shape index (κ2) is 5.48. The SMILES string of the molecule is Cc1ccccc1CN(C)C(=O)c1ccc(N)nn1. The first-order valence-corrected chi connectivity index (χ1v) is 5.97. The lowest BCUT2D eigenvalue weighted by atomic mass is 10.1. The fourth-order valence-corrected chi connectivity index (χ4v) is 1.77. The van der Waals surface area contributed by atoms with Crippen LogP contribution >= 0.6 is 0 Å². The van der Waals surface area contributed by atoms with Crippen molar-refractivity contribution in [3.63, 3.8) is 0 Å². The number of aryl methyl sites for hydroxylation is 1. The molecule has 0 unspecified atom stereocenters. The Bertz CT molecular complexity index is 580. The molecule has 0 saturated carbocycles. The van der Waals surface area contributed by atoms with E-state index in [1.54, 1.807) is 24.1 Å². The van der Waals surface area contributed by atoms with Crippen LogP contribution in [0, 0.1) is 6.92 Å². The van der Waals surface area contributed by atoms with E-state index in [1.807, 2.05) is 31.2 Å². The highest BCUT2D eigenvalue weighted by atomic mass is 16.2. The Morgan fingerprint density at radius 3 is 2.58 bits per heavy atom. The molecule has 19 heavy (non-hydrogen) atoms. The van der Waals surface area contributed by atoms with E-state index in [9.17, 15) is 4.79 Å². The summed E-state index contributed by atoms with van der Waals surface area (Å²) in [6.07, 6.45) is 0. The molecule has 2 rings (SSSR count). The Morgan fingerprint density at radius 1 is 1.21 bits per heavy atom. The third kappa shape index (κ3) is 3.07. The number of carbonyl (C=O) groups is 1. The van der Waals surface area contributed by atoms with Gasteiger partial charge in [0.1, 0.15) is 5.82 Å². The summed E-state index contributed by atoms with van der Waals surface area (Å²) in [6.45, 7) is 2.56. The highest BCUT2D eigenvalue weighted by Gasteiger charge is 2.14. The van der Waals surface area contributed by atoms with Crippen LogP contribution in [0.5, 0.6) is 0 Å². The number of rotatable bonds is 3. The van der Waals surface area contributed by atoms with E-state index < -0.39 is 0 Å². The van der Waals surface area contributed by atoms with Crippen molar-refractivity contribution in [2.75, 3.05) is 12.8 Å². The molecule has 2 aromatic rings. The third-order valence-electron chi connectivity index (χ3n) is 2.92. The van der Waals surface area contributed by atoms with Crippen molar-refractivity contribution in [3.05, 3.63) is 53.2 Å². The monoisotopic (exact) mass is 256 g/mol. The molecule has 0 fully saturated rings. The number of nitrogen functional groups attached to an aromatic ring is 1. The Labute approximate surface area is 112 Å². The number of benzene rings is 1. The minimum Gasteiger partial charge on any atom is -0.382 e. The van der Waals surface area contributed by atoms with Crippen LogP contribution in [0.4, 0.5) is 5.82 Å². The molecule has 0 atom stereocenters. The van der Waals surface area contributed by atoms with Gasteiger partial charge in [0.05, 0.1) is 0 Å². The number of nitrogens with zero attached hydrogens (tertiary/aromatic N) is 3. The standard InChI is InChI=1S/C14H16N4O/c1-10-5-3-4-6-11(10)9-18(2)14(19)12-7-8-13(15)17-16-12/h3-8H,9H2,1-2H3,(H2,15,17). The largest absolute Gasteiger partial charge is 0.382 e. The first-order chi connectivity index (χ1) is 9.08. The van der Waals surface area contributed by atoms with Crippen molar-refractivity contribution >= 4 is 11.7 Å². The normalized spacial score (nSPS) is 10.2. The van der Waals surface area contributed by atoms with E-state index in [0.29, 0.717) is 18.1 Å². The highest BCUT2D eigenvalue weighted by Crippen LogP contribution is 2.11. The number of hydrogen-bond donors (Lipinski definition) is 1.